The van der Waals surface area contributed by atoms with Crippen molar-refractivity contribution >= 4 is 16.9 Å². The molecule has 0 atom stereocenters. The number of hydrogen-bond donors (Lipinski definition) is 0. The number of methoxy groups -OCH3 is 1. The van der Waals surface area contributed by atoms with Crippen LogP contribution in [-0.4, -0.2) is 19.7 Å². The predicted octanol–water partition coefficient (Wildman–Crippen LogP) is 3.87. The SMILES string of the molecule is CCOc1cc(C(=O)OCc2cc(=O)oc3cc(C)ccc23)ccc1OC. The Balaban J connectivity index is 1.83. The highest BCUT2D eigenvalue weighted by Gasteiger charge is 2.14. The van der Waals surface area contributed by atoms with Crippen LogP contribution in [0.2, 0.25) is 0 Å². The summed E-state index contributed by atoms with van der Waals surface area (Å²) in [6.07, 6.45) is 0. The van der Waals surface area contributed by atoms with Gasteiger partial charge in [-0.3, -0.25) is 0 Å². The Kier molecular flexibility index (Phi) is 5.45. The molecule has 0 aliphatic rings. The summed E-state index contributed by atoms with van der Waals surface area (Å²) in [4.78, 5) is 24.2. The molecule has 0 spiro atoms. The van der Waals surface area contributed by atoms with E-state index >= 15 is 0 Å². The maximum Gasteiger partial charge on any atom is 0.338 e. The first-order chi connectivity index (χ1) is 13.0. The Morgan fingerprint density at radius 2 is 1.89 bits per heavy atom. The summed E-state index contributed by atoms with van der Waals surface area (Å²) in [5, 5.41) is 0.734. The normalized spacial score (nSPS) is 10.6. The van der Waals surface area contributed by atoms with Gasteiger partial charge in [0.25, 0.3) is 0 Å². The molecule has 140 valence electrons. The number of benzene rings is 2. The fourth-order valence-electron chi connectivity index (χ4n) is 2.76. The summed E-state index contributed by atoms with van der Waals surface area (Å²) >= 11 is 0. The van der Waals surface area contributed by atoms with Crippen molar-refractivity contribution in [3.63, 3.8) is 0 Å². The molecule has 2 aromatic carbocycles. The van der Waals surface area contributed by atoms with Crippen molar-refractivity contribution in [1.82, 2.24) is 0 Å². The Bertz CT molecular complexity index is 1030. The number of carbonyl (C=O) groups is 1. The smallest absolute Gasteiger partial charge is 0.338 e. The zero-order chi connectivity index (χ0) is 19.4. The minimum absolute atomic E-state index is 0.0417. The lowest BCUT2D eigenvalue weighted by atomic mass is 10.1. The van der Waals surface area contributed by atoms with Crippen LogP contribution in [-0.2, 0) is 11.3 Å². The number of ether oxygens (including phenoxy) is 3. The maximum absolute atomic E-state index is 12.4. The van der Waals surface area contributed by atoms with Crippen LogP contribution >= 0.6 is 0 Å². The summed E-state index contributed by atoms with van der Waals surface area (Å²) in [6.45, 7) is 4.16. The third kappa shape index (κ3) is 4.11. The van der Waals surface area contributed by atoms with Crippen LogP contribution in [0.25, 0.3) is 11.0 Å². The molecular formula is C21H20O6. The van der Waals surface area contributed by atoms with Crippen molar-refractivity contribution in [3.05, 3.63) is 69.6 Å². The Hall–Kier alpha value is -3.28. The molecule has 0 aliphatic carbocycles. The molecule has 1 heterocycles. The minimum atomic E-state index is -0.521. The van der Waals surface area contributed by atoms with E-state index in [4.69, 9.17) is 18.6 Å². The van der Waals surface area contributed by atoms with Crippen LogP contribution in [0.5, 0.6) is 11.5 Å². The Morgan fingerprint density at radius 1 is 1.07 bits per heavy atom. The summed E-state index contributed by atoms with van der Waals surface area (Å²) in [5.41, 5.74) is 1.89. The molecule has 0 saturated heterocycles. The van der Waals surface area contributed by atoms with Gasteiger partial charge in [-0.05, 0) is 43.7 Å². The van der Waals surface area contributed by atoms with E-state index in [0.717, 1.165) is 10.9 Å². The first-order valence-corrected chi connectivity index (χ1v) is 8.53. The summed E-state index contributed by atoms with van der Waals surface area (Å²) < 4.78 is 21.3. The number of esters is 1. The lowest BCUT2D eigenvalue weighted by Gasteiger charge is -2.11. The Labute approximate surface area is 156 Å². The molecule has 0 N–H and O–H groups in total. The number of hydrogen-bond acceptors (Lipinski definition) is 6. The largest absolute Gasteiger partial charge is 0.493 e. The number of carbonyl (C=O) groups excluding carboxylic acids is 1. The molecule has 0 amide bonds. The van der Waals surface area contributed by atoms with Gasteiger partial charge >= 0.3 is 11.6 Å². The summed E-state index contributed by atoms with van der Waals surface area (Å²) in [6, 6.07) is 11.7. The maximum atomic E-state index is 12.4. The number of fused-ring (bicyclic) bond motifs is 1. The van der Waals surface area contributed by atoms with E-state index in [9.17, 15) is 9.59 Å². The second-order valence-corrected chi connectivity index (χ2v) is 5.97. The van der Waals surface area contributed by atoms with Crippen molar-refractivity contribution in [2.24, 2.45) is 0 Å². The first-order valence-electron chi connectivity index (χ1n) is 8.53. The van der Waals surface area contributed by atoms with Crippen molar-refractivity contribution in [1.29, 1.82) is 0 Å². The van der Waals surface area contributed by atoms with E-state index in [-0.39, 0.29) is 6.61 Å². The van der Waals surface area contributed by atoms with E-state index in [2.05, 4.69) is 0 Å². The highest BCUT2D eigenvalue weighted by atomic mass is 16.5. The van der Waals surface area contributed by atoms with Crippen LogP contribution < -0.4 is 15.1 Å². The van der Waals surface area contributed by atoms with Crippen LogP contribution in [0.3, 0.4) is 0 Å². The van der Waals surface area contributed by atoms with Crippen molar-refractivity contribution in [3.8, 4) is 11.5 Å². The second kappa shape index (κ2) is 7.95. The van der Waals surface area contributed by atoms with Crippen LogP contribution in [0, 0.1) is 6.92 Å². The van der Waals surface area contributed by atoms with Crippen molar-refractivity contribution in [2.75, 3.05) is 13.7 Å². The molecule has 0 aliphatic heterocycles. The van der Waals surface area contributed by atoms with Crippen LogP contribution in [0.1, 0.15) is 28.4 Å². The molecule has 3 aromatic rings. The standard InChI is InChI=1S/C21H20O6/c1-4-25-19-10-14(6-8-17(19)24-3)21(23)26-12-15-11-20(22)27-18-9-13(2)5-7-16(15)18/h5-11H,4,12H2,1-3H3. The van der Waals surface area contributed by atoms with Gasteiger partial charge in [-0.25, -0.2) is 9.59 Å². The van der Waals surface area contributed by atoms with Gasteiger partial charge in [0.2, 0.25) is 0 Å². The zero-order valence-electron chi connectivity index (χ0n) is 15.4. The van der Waals surface area contributed by atoms with E-state index < -0.39 is 11.6 Å². The molecule has 0 bridgehead atoms. The predicted molar refractivity (Wildman–Crippen MR) is 101 cm³/mol. The molecule has 6 heteroatoms. The lowest BCUT2D eigenvalue weighted by Crippen LogP contribution is -2.08. The van der Waals surface area contributed by atoms with Gasteiger partial charge in [0.05, 0.1) is 19.3 Å². The van der Waals surface area contributed by atoms with E-state index in [0.29, 0.717) is 34.8 Å². The molecule has 0 fully saturated rings. The average Bonchev–Trinajstić information content (AvgIpc) is 2.65. The molecule has 0 unspecified atom stereocenters. The van der Waals surface area contributed by atoms with E-state index in [1.165, 1.54) is 13.2 Å². The van der Waals surface area contributed by atoms with Crippen molar-refractivity contribution < 1.29 is 23.4 Å². The van der Waals surface area contributed by atoms with Gasteiger partial charge in [-0.1, -0.05) is 12.1 Å². The van der Waals surface area contributed by atoms with Gasteiger partial charge in [0.15, 0.2) is 11.5 Å². The fraction of sp³-hybridized carbons (Fsp3) is 0.238. The first kappa shape index (κ1) is 18.5. The molecule has 27 heavy (non-hydrogen) atoms. The van der Waals surface area contributed by atoms with E-state index in [1.54, 1.807) is 24.3 Å². The fourth-order valence-corrected chi connectivity index (χ4v) is 2.76. The molecule has 0 radical (unpaired) electrons. The van der Waals surface area contributed by atoms with Crippen LogP contribution in [0.4, 0.5) is 0 Å². The zero-order valence-corrected chi connectivity index (χ0v) is 15.4. The summed E-state index contributed by atoms with van der Waals surface area (Å²) in [5.74, 6) is 0.485. The van der Waals surface area contributed by atoms with E-state index in [1.807, 2.05) is 26.0 Å². The molecule has 3 rings (SSSR count). The third-order valence-corrected chi connectivity index (χ3v) is 4.04. The molecule has 0 saturated carbocycles. The molecule has 1 aromatic heterocycles. The highest BCUT2D eigenvalue weighted by Crippen LogP contribution is 2.28. The molecular weight excluding hydrogens is 348 g/mol. The third-order valence-electron chi connectivity index (χ3n) is 4.04. The highest BCUT2D eigenvalue weighted by molar-refractivity contribution is 5.90. The van der Waals surface area contributed by atoms with Gasteiger partial charge in [0.1, 0.15) is 12.2 Å². The average molecular weight is 368 g/mol. The van der Waals surface area contributed by atoms with Gasteiger partial charge in [-0.15, -0.1) is 0 Å². The summed E-state index contributed by atoms with van der Waals surface area (Å²) in [7, 11) is 1.53. The van der Waals surface area contributed by atoms with Crippen LogP contribution in [0.15, 0.2) is 51.7 Å². The second-order valence-electron chi connectivity index (χ2n) is 5.97. The molecule has 6 nitrogen and oxygen atoms in total. The van der Waals surface area contributed by atoms with Crippen molar-refractivity contribution in [2.45, 2.75) is 20.5 Å². The monoisotopic (exact) mass is 368 g/mol. The number of aryl methyl sites for hydroxylation is 1. The quantitative estimate of drug-likeness (QED) is 0.486. The van der Waals surface area contributed by atoms with Gasteiger partial charge in [-0.2, -0.15) is 0 Å². The van der Waals surface area contributed by atoms with Gasteiger partial charge in [0, 0.05) is 17.0 Å². The topological polar surface area (TPSA) is 75.0 Å². The number of rotatable bonds is 6. The minimum Gasteiger partial charge on any atom is -0.493 e. The lowest BCUT2D eigenvalue weighted by molar-refractivity contribution is 0.0473. The Morgan fingerprint density at radius 3 is 2.63 bits per heavy atom. The van der Waals surface area contributed by atoms with Gasteiger partial charge < -0.3 is 18.6 Å².